The molecule has 0 saturated heterocycles. The van der Waals surface area contributed by atoms with E-state index in [2.05, 4.69) is 19.1 Å². The summed E-state index contributed by atoms with van der Waals surface area (Å²) < 4.78 is 0. The molecule has 3 heteroatoms. The highest BCUT2D eigenvalue weighted by molar-refractivity contribution is 5.82. The number of benzene rings is 1. The van der Waals surface area contributed by atoms with Crippen LogP contribution in [-0.2, 0) is 17.9 Å². The number of aliphatic hydroxyl groups is 1. The van der Waals surface area contributed by atoms with Gasteiger partial charge in [0.1, 0.15) is 0 Å². The molecule has 0 bridgehead atoms. The first-order chi connectivity index (χ1) is 9.32. The highest BCUT2D eigenvalue weighted by Crippen LogP contribution is 2.30. The van der Waals surface area contributed by atoms with Crippen molar-refractivity contribution in [2.24, 2.45) is 5.41 Å². The molecule has 110 valence electrons. The summed E-state index contributed by atoms with van der Waals surface area (Å²) in [5.41, 5.74) is 3.01. The highest BCUT2D eigenvalue weighted by atomic mass is 16.3. The summed E-state index contributed by atoms with van der Waals surface area (Å²) in [6.45, 7) is 9.28. The SMILES string of the molecule is CCCC(O)c1ccc2c(c1)CN(C(=O)C(C)(C)C)C2. The van der Waals surface area contributed by atoms with Crippen LogP contribution < -0.4 is 0 Å². The predicted octanol–water partition coefficient (Wildman–Crippen LogP) is 3.41. The van der Waals surface area contributed by atoms with E-state index in [9.17, 15) is 9.90 Å². The molecule has 1 heterocycles. The molecular weight excluding hydrogens is 250 g/mol. The first-order valence-electron chi connectivity index (χ1n) is 7.42. The molecule has 1 N–H and O–H groups in total. The Kier molecular flexibility index (Phi) is 4.19. The van der Waals surface area contributed by atoms with Crippen LogP contribution in [0.3, 0.4) is 0 Å². The quantitative estimate of drug-likeness (QED) is 0.918. The Bertz CT molecular complexity index is 502. The molecule has 0 spiro atoms. The highest BCUT2D eigenvalue weighted by Gasteiger charge is 2.31. The van der Waals surface area contributed by atoms with Crippen molar-refractivity contribution in [3.8, 4) is 0 Å². The molecule has 0 saturated carbocycles. The van der Waals surface area contributed by atoms with Gasteiger partial charge in [0.15, 0.2) is 0 Å². The summed E-state index contributed by atoms with van der Waals surface area (Å²) in [6, 6.07) is 6.11. The molecular formula is C17H25NO2. The second-order valence-electron chi connectivity index (χ2n) is 6.74. The molecule has 0 fully saturated rings. The van der Waals surface area contributed by atoms with Gasteiger partial charge in [-0.3, -0.25) is 4.79 Å². The fraction of sp³-hybridized carbons (Fsp3) is 0.588. The Hall–Kier alpha value is -1.35. The summed E-state index contributed by atoms with van der Waals surface area (Å²) in [6.07, 6.45) is 1.36. The number of hydrogen-bond donors (Lipinski definition) is 1. The Morgan fingerprint density at radius 3 is 2.55 bits per heavy atom. The number of carbonyl (C=O) groups excluding carboxylic acids is 1. The van der Waals surface area contributed by atoms with Crippen LogP contribution in [0.25, 0.3) is 0 Å². The van der Waals surface area contributed by atoms with Gasteiger partial charge in [-0.15, -0.1) is 0 Å². The average molecular weight is 275 g/mol. The molecule has 1 amide bonds. The molecule has 1 aromatic carbocycles. The van der Waals surface area contributed by atoms with Gasteiger partial charge >= 0.3 is 0 Å². The molecule has 3 nitrogen and oxygen atoms in total. The van der Waals surface area contributed by atoms with E-state index in [-0.39, 0.29) is 11.3 Å². The summed E-state index contributed by atoms with van der Waals surface area (Å²) in [4.78, 5) is 14.2. The number of carbonyl (C=O) groups is 1. The van der Waals surface area contributed by atoms with Crippen LogP contribution in [-0.4, -0.2) is 15.9 Å². The van der Waals surface area contributed by atoms with Crippen molar-refractivity contribution >= 4 is 5.91 Å². The van der Waals surface area contributed by atoms with Crippen LogP contribution in [0.15, 0.2) is 18.2 Å². The molecule has 0 aliphatic carbocycles. The molecule has 1 aliphatic rings. The normalized spacial score (nSPS) is 16.1. The van der Waals surface area contributed by atoms with Gasteiger partial charge in [0.05, 0.1) is 6.10 Å². The van der Waals surface area contributed by atoms with E-state index < -0.39 is 6.10 Å². The first kappa shape index (κ1) is 15.0. The lowest BCUT2D eigenvalue weighted by atomic mass is 9.95. The molecule has 0 aromatic heterocycles. The predicted molar refractivity (Wildman–Crippen MR) is 80.0 cm³/mol. The number of rotatable bonds is 3. The van der Waals surface area contributed by atoms with Gasteiger partial charge < -0.3 is 10.0 Å². The average Bonchev–Trinajstić information content (AvgIpc) is 2.79. The van der Waals surface area contributed by atoms with E-state index in [0.717, 1.165) is 18.4 Å². The third kappa shape index (κ3) is 3.04. The summed E-state index contributed by atoms with van der Waals surface area (Å²) in [5.74, 6) is 0.185. The third-order valence-electron chi connectivity index (χ3n) is 3.83. The summed E-state index contributed by atoms with van der Waals surface area (Å²) >= 11 is 0. The second kappa shape index (κ2) is 5.57. The Morgan fingerprint density at radius 1 is 1.30 bits per heavy atom. The Balaban J connectivity index is 2.15. The van der Waals surface area contributed by atoms with Crippen molar-refractivity contribution in [2.45, 2.75) is 59.7 Å². The van der Waals surface area contributed by atoms with E-state index in [1.54, 1.807) is 0 Å². The van der Waals surface area contributed by atoms with Gasteiger partial charge in [-0.1, -0.05) is 52.3 Å². The standard InChI is InChI=1S/C17H25NO2/c1-5-6-15(19)12-7-8-13-10-18(11-14(13)9-12)16(20)17(2,3)4/h7-9,15,19H,5-6,10-11H2,1-4H3. The maximum absolute atomic E-state index is 12.3. The van der Waals surface area contributed by atoms with Gasteiger partial charge in [0.2, 0.25) is 5.91 Å². The van der Waals surface area contributed by atoms with Crippen LogP contribution in [0.4, 0.5) is 0 Å². The fourth-order valence-corrected chi connectivity index (χ4v) is 2.68. The zero-order valence-electron chi connectivity index (χ0n) is 12.9. The van der Waals surface area contributed by atoms with E-state index in [0.29, 0.717) is 13.1 Å². The first-order valence-corrected chi connectivity index (χ1v) is 7.42. The maximum Gasteiger partial charge on any atom is 0.228 e. The number of fused-ring (bicyclic) bond motifs is 1. The van der Waals surface area contributed by atoms with Crippen LogP contribution in [0.2, 0.25) is 0 Å². The molecule has 20 heavy (non-hydrogen) atoms. The van der Waals surface area contributed by atoms with E-state index in [1.165, 1.54) is 11.1 Å². The van der Waals surface area contributed by atoms with Crippen molar-refractivity contribution in [3.63, 3.8) is 0 Å². The van der Waals surface area contributed by atoms with E-state index >= 15 is 0 Å². The minimum absolute atomic E-state index is 0.185. The van der Waals surface area contributed by atoms with Gasteiger partial charge in [0, 0.05) is 18.5 Å². The third-order valence-corrected chi connectivity index (χ3v) is 3.83. The van der Waals surface area contributed by atoms with Gasteiger partial charge in [-0.25, -0.2) is 0 Å². The Labute approximate surface area is 121 Å². The molecule has 1 aliphatic heterocycles. The number of nitrogens with zero attached hydrogens (tertiary/aromatic N) is 1. The minimum Gasteiger partial charge on any atom is -0.388 e. The lowest BCUT2D eigenvalue weighted by Gasteiger charge is -2.25. The number of amides is 1. The van der Waals surface area contributed by atoms with E-state index in [4.69, 9.17) is 0 Å². The second-order valence-corrected chi connectivity index (χ2v) is 6.74. The van der Waals surface area contributed by atoms with Crippen molar-refractivity contribution in [1.82, 2.24) is 4.90 Å². The van der Waals surface area contributed by atoms with Crippen molar-refractivity contribution < 1.29 is 9.90 Å². The monoisotopic (exact) mass is 275 g/mol. The minimum atomic E-state index is -0.391. The maximum atomic E-state index is 12.3. The molecule has 2 rings (SSSR count). The Morgan fingerprint density at radius 2 is 1.95 bits per heavy atom. The zero-order chi connectivity index (χ0) is 14.9. The molecule has 1 aromatic rings. The van der Waals surface area contributed by atoms with Crippen LogP contribution in [0, 0.1) is 5.41 Å². The number of hydrogen-bond acceptors (Lipinski definition) is 2. The lowest BCUT2D eigenvalue weighted by molar-refractivity contribution is -0.140. The summed E-state index contributed by atoms with van der Waals surface area (Å²) in [5, 5.41) is 10.1. The molecule has 1 atom stereocenters. The van der Waals surface area contributed by atoms with Crippen molar-refractivity contribution in [2.75, 3.05) is 0 Å². The summed E-state index contributed by atoms with van der Waals surface area (Å²) in [7, 11) is 0. The van der Waals surface area contributed by atoms with Crippen molar-refractivity contribution in [1.29, 1.82) is 0 Å². The van der Waals surface area contributed by atoms with Crippen LogP contribution in [0.5, 0.6) is 0 Å². The molecule has 0 radical (unpaired) electrons. The zero-order valence-corrected chi connectivity index (χ0v) is 12.9. The van der Waals surface area contributed by atoms with Crippen LogP contribution >= 0.6 is 0 Å². The number of aliphatic hydroxyl groups excluding tert-OH is 1. The van der Waals surface area contributed by atoms with E-state index in [1.807, 2.05) is 31.7 Å². The van der Waals surface area contributed by atoms with Gasteiger partial charge in [-0.2, -0.15) is 0 Å². The van der Waals surface area contributed by atoms with Crippen molar-refractivity contribution in [3.05, 3.63) is 34.9 Å². The fourth-order valence-electron chi connectivity index (χ4n) is 2.68. The topological polar surface area (TPSA) is 40.5 Å². The largest absolute Gasteiger partial charge is 0.388 e. The van der Waals surface area contributed by atoms with Gasteiger partial charge in [-0.05, 0) is 23.1 Å². The molecule has 1 unspecified atom stereocenters. The lowest BCUT2D eigenvalue weighted by Crippen LogP contribution is -2.35. The van der Waals surface area contributed by atoms with Crippen LogP contribution in [0.1, 0.15) is 63.3 Å². The smallest absolute Gasteiger partial charge is 0.228 e. The van der Waals surface area contributed by atoms with Gasteiger partial charge in [0.25, 0.3) is 0 Å².